The lowest BCUT2D eigenvalue weighted by Crippen LogP contribution is -2.02. The van der Waals surface area contributed by atoms with E-state index in [9.17, 15) is 0 Å². The molecule has 6 heteroatoms. The summed E-state index contributed by atoms with van der Waals surface area (Å²) in [5.74, 6) is 1.41. The second-order valence-electron chi connectivity index (χ2n) is 3.88. The average Bonchev–Trinajstić information content (AvgIpc) is 2.99. The largest absolute Gasteiger partial charge is 0.436 e. The third-order valence-electron chi connectivity index (χ3n) is 2.79. The molecule has 98 valence electrons. The fourth-order valence-corrected chi connectivity index (χ4v) is 3.14. The van der Waals surface area contributed by atoms with E-state index in [-0.39, 0.29) is 0 Å². The number of para-hydroxylation sites is 1. The maximum absolute atomic E-state index is 5.94. The molecule has 2 aromatic heterocycles. The highest BCUT2D eigenvalue weighted by Gasteiger charge is 2.15. The van der Waals surface area contributed by atoms with Gasteiger partial charge in [0, 0.05) is 23.0 Å². The third-order valence-corrected chi connectivity index (χ3v) is 4.33. The molecule has 0 amide bonds. The average molecular weight is 291 g/mol. The summed E-state index contributed by atoms with van der Waals surface area (Å²) in [6, 6.07) is 7.92. The van der Waals surface area contributed by atoms with Crippen LogP contribution in [0.25, 0.3) is 4.96 Å². The summed E-state index contributed by atoms with van der Waals surface area (Å²) < 4.78 is 7.91. The topological polar surface area (TPSA) is 52.5 Å². The first kappa shape index (κ1) is 12.5. The number of thiazole rings is 1. The third kappa shape index (κ3) is 2.22. The molecule has 0 saturated carbocycles. The van der Waals surface area contributed by atoms with Gasteiger partial charge in [0.05, 0.1) is 0 Å². The highest BCUT2D eigenvalue weighted by Crippen LogP contribution is 2.33. The summed E-state index contributed by atoms with van der Waals surface area (Å²) in [6.07, 6.45) is 3.99. The number of imidazole rings is 1. The van der Waals surface area contributed by atoms with E-state index in [1.54, 1.807) is 23.1 Å². The molecule has 0 spiro atoms. The van der Waals surface area contributed by atoms with E-state index >= 15 is 0 Å². The molecule has 2 N–H and O–H groups in total. The molecule has 0 atom stereocenters. The van der Waals surface area contributed by atoms with Crippen LogP contribution in [0.1, 0.15) is 5.69 Å². The minimum Gasteiger partial charge on any atom is -0.436 e. The number of nitrogens with two attached hydrogens (primary N) is 1. The Hall–Kier alpha value is -1.50. The van der Waals surface area contributed by atoms with Crippen LogP contribution >= 0.6 is 23.1 Å². The van der Waals surface area contributed by atoms with Crippen LogP contribution < -0.4 is 10.5 Å². The number of rotatable bonds is 4. The summed E-state index contributed by atoms with van der Waals surface area (Å²) in [5.41, 5.74) is 6.70. The van der Waals surface area contributed by atoms with Gasteiger partial charge in [0.15, 0.2) is 4.96 Å². The summed E-state index contributed by atoms with van der Waals surface area (Å²) in [6.45, 7) is 0.397. The van der Waals surface area contributed by atoms with Crippen molar-refractivity contribution in [2.24, 2.45) is 5.73 Å². The first-order chi connectivity index (χ1) is 9.33. The number of hydrogen-bond acceptors (Lipinski definition) is 5. The molecule has 19 heavy (non-hydrogen) atoms. The Balaban J connectivity index is 2.02. The molecular weight excluding hydrogens is 278 g/mol. The zero-order chi connectivity index (χ0) is 13.2. The van der Waals surface area contributed by atoms with E-state index in [2.05, 4.69) is 4.98 Å². The van der Waals surface area contributed by atoms with Gasteiger partial charge in [-0.05, 0) is 18.4 Å². The highest BCUT2D eigenvalue weighted by molar-refractivity contribution is 7.98. The summed E-state index contributed by atoms with van der Waals surface area (Å²) >= 11 is 3.22. The van der Waals surface area contributed by atoms with E-state index in [1.165, 1.54) is 0 Å². The van der Waals surface area contributed by atoms with Crippen molar-refractivity contribution in [3.05, 3.63) is 41.5 Å². The number of benzene rings is 1. The van der Waals surface area contributed by atoms with Gasteiger partial charge in [-0.1, -0.05) is 12.1 Å². The molecule has 4 nitrogen and oxygen atoms in total. The van der Waals surface area contributed by atoms with Crippen LogP contribution in [0, 0.1) is 0 Å². The summed E-state index contributed by atoms with van der Waals surface area (Å²) in [4.78, 5) is 6.47. The van der Waals surface area contributed by atoms with Gasteiger partial charge in [-0.15, -0.1) is 23.1 Å². The van der Waals surface area contributed by atoms with Crippen molar-refractivity contribution in [2.45, 2.75) is 11.4 Å². The van der Waals surface area contributed by atoms with Gasteiger partial charge in [-0.3, -0.25) is 4.40 Å². The Morgan fingerprint density at radius 3 is 3.05 bits per heavy atom. The highest BCUT2D eigenvalue weighted by atomic mass is 32.2. The van der Waals surface area contributed by atoms with E-state index in [4.69, 9.17) is 10.5 Å². The number of thioether (sulfide) groups is 1. The monoisotopic (exact) mass is 291 g/mol. The van der Waals surface area contributed by atoms with Gasteiger partial charge in [0.2, 0.25) is 5.88 Å². The van der Waals surface area contributed by atoms with Crippen LogP contribution in [0.2, 0.25) is 0 Å². The van der Waals surface area contributed by atoms with Crippen molar-refractivity contribution < 1.29 is 4.74 Å². The molecule has 0 saturated heterocycles. The van der Waals surface area contributed by atoms with Gasteiger partial charge >= 0.3 is 0 Å². The zero-order valence-electron chi connectivity index (χ0n) is 10.4. The molecule has 0 radical (unpaired) electrons. The SMILES string of the molecule is CSc1ccccc1Oc1nc2sccn2c1CN. The van der Waals surface area contributed by atoms with Crippen LogP contribution in [0.5, 0.6) is 11.6 Å². The Morgan fingerprint density at radius 2 is 2.26 bits per heavy atom. The normalized spacial score (nSPS) is 11.1. The number of nitrogens with zero attached hydrogens (tertiary/aromatic N) is 2. The maximum Gasteiger partial charge on any atom is 0.243 e. The van der Waals surface area contributed by atoms with Crippen molar-refractivity contribution in [2.75, 3.05) is 6.26 Å². The Labute approximate surface area is 119 Å². The number of fused-ring (bicyclic) bond motifs is 1. The lowest BCUT2D eigenvalue weighted by Gasteiger charge is -2.08. The van der Waals surface area contributed by atoms with Crippen LogP contribution in [0.15, 0.2) is 40.7 Å². The number of aromatic nitrogens is 2. The molecule has 0 aliphatic heterocycles. The van der Waals surface area contributed by atoms with E-state index < -0.39 is 0 Å². The van der Waals surface area contributed by atoms with Gasteiger partial charge in [-0.2, -0.15) is 4.98 Å². The van der Waals surface area contributed by atoms with E-state index in [0.717, 1.165) is 21.3 Å². The van der Waals surface area contributed by atoms with Crippen LogP contribution in [0.4, 0.5) is 0 Å². The van der Waals surface area contributed by atoms with Crippen molar-refractivity contribution in [3.8, 4) is 11.6 Å². The van der Waals surface area contributed by atoms with Crippen molar-refractivity contribution >= 4 is 28.1 Å². The molecule has 2 heterocycles. The second-order valence-corrected chi connectivity index (χ2v) is 5.60. The smallest absolute Gasteiger partial charge is 0.243 e. The molecule has 0 aliphatic rings. The first-order valence-corrected chi connectivity index (χ1v) is 7.89. The van der Waals surface area contributed by atoms with Crippen molar-refractivity contribution in [3.63, 3.8) is 0 Å². The van der Waals surface area contributed by atoms with Crippen molar-refractivity contribution in [1.82, 2.24) is 9.38 Å². The molecule has 0 bridgehead atoms. The van der Waals surface area contributed by atoms with Crippen LogP contribution in [0.3, 0.4) is 0 Å². The molecule has 3 aromatic rings. The maximum atomic E-state index is 5.94. The summed E-state index contributed by atoms with van der Waals surface area (Å²) in [5, 5.41) is 1.99. The number of hydrogen-bond donors (Lipinski definition) is 1. The van der Waals surface area contributed by atoms with Gasteiger partial charge in [0.25, 0.3) is 0 Å². The van der Waals surface area contributed by atoms with E-state index in [1.807, 2.05) is 46.5 Å². The van der Waals surface area contributed by atoms with Crippen molar-refractivity contribution in [1.29, 1.82) is 0 Å². The molecule has 0 aliphatic carbocycles. The Bertz CT molecular complexity index is 705. The second kappa shape index (κ2) is 5.24. The molecular formula is C13H13N3OS2. The zero-order valence-corrected chi connectivity index (χ0v) is 12.0. The van der Waals surface area contributed by atoms with Gasteiger partial charge in [0.1, 0.15) is 11.4 Å². The van der Waals surface area contributed by atoms with Gasteiger partial charge in [-0.25, -0.2) is 0 Å². The lowest BCUT2D eigenvalue weighted by molar-refractivity contribution is 0.449. The Kier molecular flexibility index (Phi) is 3.46. The molecule has 0 unspecified atom stereocenters. The Morgan fingerprint density at radius 1 is 1.42 bits per heavy atom. The van der Waals surface area contributed by atoms with E-state index in [0.29, 0.717) is 12.4 Å². The minimum absolute atomic E-state index is 0.397. The molecule has 3 rings (SSSR count). The quantitative estimate of drug-likeness (QED) is 0.749. The minimum atomic E-state index is 0.397. The summed E-state index contributed by atoms with van der Waals surface area (Å²) in [7, 11) is 0. The van der Waals surface area contributed by atoms with Gasteiger partial charge < -0.3 is 10.5 Å². The predicted molar refractivity (Wildman–Crippen MR) is 79.3 cm³/mol. The van der Waals surface area contributed by atoms with Crippen LogP contribution in [-0.2, 0) is 6.54 Å². The fourth-order valence-electron chi connectivity index (χ4n) is 1.89. The standard InChI is InChI=1S/C13H13N3OS2/c1-18-11-5-3-2-4-10(11)17-12-9(8-14)16-6-7-19-13(16)15-12/h2-7H,8,14H2,1H3. The number of ether oxygens (including phenoxy) is 1. The predicted octanol–water partition coefficient (Wildman–Crippen LogP) is 3.37. The fraction of sp³-hybridized carbons (Fsp3) is 0.154. The first-order valence-electron chi connectivity index (χ1n) is 5.79. The lowest BCUT2D eigenvalue weighted by atomic mass is 10.3. The van der Waals surface area contributed by atoms with Crippen LogP contribution in [-0.4, -0.2) is 15.6 Å². The molecule has 1 aromatic carbocycles. The molecule has 0 fully saturated rings.